The molecule has 1 N–H and O–H groups in total. The molecule has 0 aromatic heterocycles. The van der Waals surface area contributed by atoms with E-state index in [9.17, 15) is 8.42 Å². The number of nitrogens with zero attached hydrogens (tertiary/aromatic N) is 1. The maximum atomic E-state index is 12.1. The molecule has 17 heavy (non-hydrogen) atoms. The third kappa shape index (κ3) is 3.34. The molecule has 2 unspecified atom stereocenters. The summed E-state index contributed by atoms with van der Waals surface area (Å²) in [5.41, 5.74) is 0. The predicted octanol–water partition coefficient (Wildman–Crippen LogP) is 1.71. The molecule has 2 rings (SSSR count). The lowest BCUT2D eigenvalue weighted by Gasteiger charge is -2.30. The fourth-order valence-electron chi connectivity index (χ4n) is 2.54. The Balaban J connectivity index is 1.94. The van der Waals surface area contributed by atoms with E-state index in [1.54, 1.807) is 4.31 Å². The molecule has 100 valence electrons. The molecule has 0 amide bonds. The molecular weight excluding hydrogens is 260 g/mol. The van der Waals surface area contributed by atoms with Gasteiger partial charge in [0.2, 0.25) is 0 Å². The van der Waals surface area contributed by atoms with E-state index in [4.69, 9.17) is 11.6 Å². The SMILES string of the molecule is CC1CCN(S(=O)(=O)NC2CCCC2Cl)CC1. The Labute approximate surface area is 109 Å². The van der Waals surface area contributed by atoms with Crippen molar-refractivity contribution in [2.75, 3.05) is 13.1 Å². The van der Waals surface area contributed by atoms with Gasteiger partial charge in [0.15, 0.2) is 0 Å². The van der Waals surface area contributed by atoms with Crippen LogP contribution in [0, 0.1) is 5.92 Å². The Kier molecular flexibility index (Phi) is 4.34. The van der Waals surface area contributed by atoms with Gasteiger partial charge in [0, 0.05) is 24.5 Å². The third-order valence-electron chi connectivity index (χ3n) is 3.81. The van der Waals surface area contributed by atoms with Crippen molar-refractivity contribution in [3.05, 3.63) is 0 Å². The molecular formula is C11H21ClN2O2S. The molecule has 1 aliphatic carbocycles. The average Bonchev–Trinajstić information content (AvgIpc) is 2.64. The van der Waals surface area contributed by atoms with Gasteiger partial charge in [0.1, 0.15) is 0 Å². The second-order valence-electron chi connectivity index (χ2n) is 5.26. The normalized spacial score (nSPS) is 33.1. The summed E-state index contributed by atoms with van der Waals surface area (Å²) >= 11 is 6.10. The highest BCUT2D eigenvalue weighted by molar-refractivity contribution is 7.87. The molecule has 2 fully saturated rings. The minimum Gasteiger partial charge on any atom is -0.198 e. The van der Waals surface area contributed by atoms with Crippen molar-refractivity contribution in [3.8, 4) is 0 Å². The molecule has 0 aromatic rings. The third-order valence-corrected chi connectivity index (χ3v) is 5.98. The molecule has 1 aliphatic heterocycles. The van der Waals surface area contributed by atoms with Crippen molar-refractivity contribution in [3.63, 3.8) is 0 Å². The maximum absolute atomic E-state index is 12.1. The van der Waals surface area contributed by atoms with E-state index in [0.717, 1.165) is 32.1 Å². The largest absolute Gasteiger partial charge is 0.279 e. The Morgan fingerprint density at radius 1 is 1.18 bits per heavy atom. The van der Waals surface area contributed by atoms with Crippen molar-refractivity contribution in [1.29, 1.82) is 0 Å². The lowest BCUT2D eigenvalue weighted by molar-refractivity contribution is 0.283. The summed E-state index contributed by atoms with van der Waals surface area (Å²) in [6, 6.07) is -0.0824. The quantitative estimate of drug-likeness (QED) is 0.800. The van der Waals surface area contributed by atoms with Crippen LogP contribution in [0.5, 0.6) is 0 Å². The lowest BCUT2D eigenvalue weighted by atomic mass is 10.0. The van der Waals surface area contributed by atoms with E-state index in [2.05, 4.69) is 11.6 Å². The fourth-order valence-corrected chi connectivity index (χ4v) is 4.46. The van der Waals surface area contributed by atoms with Crippen LogP contribution in [-0.2, 0) is 10.2 Å². The van der Waals surface area contributed by atoms with Gasteiger partial charge in [-0.05, 0) is 31.6 Å². The number of halogens is 1. The second-order valence-corrected chi connectivity index (χ2v) is 7.52. The second kappa shape index (κ2) is 5.43. The molecule has 4 nitrogen and oxygen atoms in total. The zero-order valence-corrected chi connectivity index (χ0v) is 11.8. The van der Waals surface area contributed by atoms with Crippen LogP contribution < -0.4 is 4.72 Å². The minimum absolute atomic E-state index is 0.0477. The number of nitrogens with one attached hydrogen (secondary N) is 1. The molecule has 0 aromatic carbocycles. The van der Waals surface area contributed by atoms with Gasteiger partial charge in [0.25, 0.3) is 10.2 Å². The van der Waals surface area contributed by atoms with Crippen LogP contribution >= 0.6 is 11.6 Å². The number of hydrogen-bond acceptors (Lipinski definition) is 2. The average molecular weight is 281 g/mol. The van der Waals surface area contributed by atoms with Gasteiger partial charge in [-0.25, -0.2) is 0 Å². The van der Waals surface area contributed by atoms with Gasteiger partial charge >= 0.3 is 0 Å². The molecule has 0 spiro atoms. The summed E-state index contributed by atoms with van der Waals surface area (Å²) in [4.78, 5) is 0. The van der Waals surface area contributed by atoms with Crippen molar-refractivity contribution >= 4 is 21.8 Å². The van der Waals surface area contributed by atoms with Gasteiger partial charge in [-0.2, -0.15) is 17.4 Å². The summed E-state index contributed by atoms with van der Waals surface area (Å²) in [7, 11) is -3.32. The van der Waals surface area contributed by atoms with Crippen LogP contribution in [0.25, 0.3) is 0 Å². The Hall–Kier alpha value is 0.160. The van der Waals surface area contributed by atoms with Gasteiger partial charge in [-0.3, -0.25) is 0 Å². The number of piperidine rings is 1. The summed E-state index contributed by atoms with van der Waals surface area (Å²) in [6.07, 6.45) is 4.69. The van der Waals surface area contributed by atoms with Crippen LogP contribution in [0.3, 0.4) is 0 Å². The van der Waals surface area contributed by atoms with Gasteiger partial charge in [-0.1, -0.05) is 13.3 Å². The molecule has 1 heterocycles. The van der Waals surface area contributed by atoms with Crippen molar-refractivity contribution in [2.24, 2.45) is 5.92 Å². The van der Waals surface area contributed by atoms with Crippen molar-refractivity contribution in [2.45, 2.75) is 50.4 Å². The monoisotopic (exact) mass is 280 g/mol. The molecule has 0 radical (unpaired) electrons. The maximum Gasteiger partial charge on any atom is 0.279 e. The van der Waals surface area contributed by atoms with E-state index >= 15 is 0 Å². The van der Waals surface area contributed by atoms with Crippen LogP contribution in [0.2, 0.25) is 0 Å². The zero-order chi connectivity index (χ0) is 12.5. The van der Waals surface area contributed by atoms with E-state index in [1.807, 2.05) is 0 Å². The summed E-state index contributed by atoms with van der Waals surface area (Å²) in [5.74, 6) is 0.633. The van der Waals surface area contributed by atoms with Crippen LogP contribution in [-0.4, -0.2) is 37.2 Å². The zero-order valence-electron chi connectivity index (χ0n) is 10.2. The van der Waals surface area contributed by atoms with Crippen molar-refractivity contribution in [1.82, 2.24) is 9.03 Å². The van der Waals surface area contributed by atoms with Crippen molar-refractivity contribution < 1.29 is 8.42 Å². The molecule has 1 saturated carbocycles. The minimum atomic E-state index is -3.32. The van der Waals surface area contributed by atoms with Gasteiger partial charge in [-0.15, -0.1) is 11.6 Å². The molecule has 2 atom stereocenters. The van der Waals surface area contributed by atoms with E-state index in [1.165, 1.54) is 0 Å². The first-order valence-corrected chi connectivity index (χ1v) is 8.28. The molecule has 6 heteroatoms. The number of alkyl halides is 1. The molecule has 0 bridgehead atoms. The molecule has 2 aliphatic rings. The van der Waals surface area contributed by atoms with E-state index < -0.39 is 10.2 Å². The Morgan fingerprint density at radius 2 is 1.82 bits per heavy atom. The first-order valence-electron chi connectivity index (χ1n) is 6.40. The topological polar surface area (TPSA) is 49.4 Å². The number of hydrogen-bond donors (Lipinski definition) is 1. The van der Waals surface area contributed by atoms with Crippen LogP contribution in [0.15, 0.2) is 0 Å². The summed E-state index contributed by atoms with van der Waals surface area (Å²) in [5, 5.41) is -0.0477. The van der Waals surface area contributed by atoms with Crippen LogP contribution in [0.4, 0.5) is 0 Å². The first kappa shape index (κ1) is 13.6. The standard InChI is InChI=1S/C11H21ClN2O2S/c1-9-5-7-14(8-6-9)17(15,16)13-11-4-2-3-10(11)12/h9-11,13H,2-8H2,1H3. The summed E-state index contributed by atoms with van der Waals surface area (Å²) in [6.45, 7) is 3.44. The van der Waals surface area contributed by atoms with Crippen LogP contribution in [0.1, 0.15) is 39.0 Å². The smallest absolute Gasteiger partial charge is 0.198 e. The highest BCUT2D eigenvalue weighted by Gasteiger charge is 2.33. The first-order chi connectivity index (χ1) is 7.99. The molecule has 1 saturated heterocycles. The van der Waals surface area contributed by atoms with Gasteiger partial charge < -0.3 is 0 Å². The Bertz CT molecular complexity index is 352. The predicted molar refractivity (Wildman–Crippen MR) is 69.3 cm³/mol. The Morgan fingerprint density at radius 3 is 2.35 bits per heavy atom. The number of rotatable bonds is 3. The van der Waals surface area contributed by atoms with E-state index in [0.29, 0.717) is 19.0 Å². The fraction of sp³-hybridized carbons (Fsp3) is 1.00. The highest BCUT2D eigenvalue weighted by Crippen LogP contribution is 2.25. The lowest BCUT2D eigenvalue weighted by Crippen LogP contribution is -2.49. The highest BCUT2D eigenvalue weighted by atomic mass is 35.5. The van der Waals surface area contributed by atoms with Gasteiger partial charge in [0.05, 0.1) is 0 Å². The van der Waals surface area contributed by atoms with E-state index in [-0.39, 0.29) is 11.4 Å². The summed E-state index contributed by atoms with van der Waals surface area (Å²) < 4.78 is 28.6.